The van der Waals surface area contributed by atoms with Crippen molar-refractivity contribution in [2.24, 2.45) is 5.92 Å². The van der Waals surface area contributed by atoms with Crippen molar-refractivity contribution in [2.45, 2.75) is 44.8 Å². The second-order valence-corrected chi connectivity index (χ2v) is 6.48. The maximum absolute atomic E-state index is 12.9. The van der Waals surface area contributed by atoms with Crippen molar-refractivity contribution in [2.75, 3.05) is 17.7 Å². The summed E-state index contributed by atoms with van der Waals surface area (Å²) in [5.74, 6) is -1.00. The topological polar surface area (TPSA) is 67.7 Å². The van der Waals surface area contributed by atoms with Crippen LogP contribution in [0.5, 0.6) is 0 Å². The van der Waals surface area contributed by atoms with Crippen LogP contribution in [0.25, 0.3) is 0 Å². The first-order valence-electron chi connectivity index (χ1n) is 8.42. The first kappa shape index (κ1) is 19.3. The summed E-state index contributed by atoms with van der Waals surface area (Å²) < 4.78 is 66.2. The molecule has 0 aliphatic heterocycles. The Morgan fingerprint density at radius 2 is 1.96 bits per heavy atom. The van der Waals surface area contributed by atoms with E-state index in [1.165, 1.54) is 13.2 Å². The zero-order valence-corrected chi connectivity index (χ0v) is 14.7. The number of aromatic nitrogens is 4. The molecule has 1 aliphatic carbocycles. The van der Waals surface area contributed by atoms with E-state index in [9.17, 15) is 22.0 Å². The summed E-state index contributed by atoms with van der Waals surface area (Å²) >= 11 is 0. The van der Waals surface area contributed by atoms with Gasteiger partial charge in [0.15, 0.2) is 0 Å². The quantitative estimate of drug-likeness (QED) is 0.741. The number of hydrogen-bond acceptors (Lipinski definition) is 5. The fourth-order valence-corrected chi connectivity index (χ4v) is 3.32. The molecule has 1 aliphatic rings. The summed E-state index contributed by atoms with van der Waals surface area (Å²) in [6.45, 7) is 1.76. The molecule has 6 nitrogen and oxygen atoms in total. The zero-order chi connectivity index (χ0) is 19.8. The van der Waals surface area contributed by atoms with Gasteiger partial charge in [-0.2, -0.15) is 23.3 Å². The van der Waals surface area contributed by atoms with Crippen LogP contribution in [-0.2, 0) is 6.18 Å². The molecule has 148 valence electrons. The molecule has 1 saturated carbocycles. The molecule has 0 saturated heterocycles. The molecule has 11 heteroatoms. The van der Waals surface area contributed by atoms with E-state index in [-0.39, 0.29) is 17.8 Å². The molecular formula is C16H19F5N6. The minimum Gasteiger partial charge on any atom is -0.372 e. The largest absolute Gasteiger partial charge is 0.421 e. The van der Waals surface area contributed by atoms with Gasteiger partial charge in [-0.3, -0.25) is 4.68 Å². The molecule has 27 heavy (non-hydrogen) atoms. The highest BCUT2D eigenvalue weighted by molar-refractivity contribution is 5.58. The highest BCUT2D eigenvalue weighted by atomic mass is 19.4. The van der Waals surface area contributed by atoms with Gasteiger partial charge in [-0.25, -0.2) is 13.8 Å². The molecule has 0 bridgehead atoms. The molecular weight excluding hydrogens is 371 g/mol. The van der Waals surface area contributed by atoms with Gasteiger partial charge in [0.25, 0.3) is 0 Å². The molecule has 2 aromatic rings. The lowest BCUT2D eigenvalue weighted by molar-refractivity contribution is -0.137. The number of nitrogens with one attached hydrogen (secondary N) is 2. The smallest absolute Gasteiger partial charge is 0.372 e. The third kappa shape index (κ3) is 3.96. The van der Waals surface area contributed by atoms with Crippen molar-refractivity contribution >= 4 is 17.5 Å². The van der Waals surface area contributed by atoms with Gasteiger partial charge < -0.3 is 10.6 Å². The lowest BCUT2D eigenvalue weighted by atomic mass is 10.1. The summed E-state index contributed by atoms with van der Waals surface area (Å²) in [7, 11) is 1.34. The lowest BCUT2D eigenvalue weighted by Crippen LogP contribution is -2.13. The Hall–Kier alpha value is -2.46. The van der Waals surface area contributed by atoms with Gasteiger partial charge in [-0.15, -0.1) is 0 Å². The van der Waals surface area contributed by atoms with Gasteiger partial charge in [0.05, 0.1) is 23.6 Å². The first-order valence-corrected chi connectivity index (χ1v) is 8.42. The Bertz CT molecular complexity index is 803. The lowest BCUT2D eigenvalue weighted by Gasteiger charge is -2.15. The van der Waals surface area contributed by atoms with Crippen LogP contribution in [0.15, 0.2) is 12.4 Å². The molecule has 0 aromatic carbocycles. The Morgan fingerprint density at radius 3 is 2.56 bits per heavy atom. The molecule has 2 atom stereocenters. The highest BCUT2D eigenvalue weighted by Crippen LogP contribution is 2.39. The normalized spacial score (nSPS) is 20.3. The third-order valence-corrected chi connectivity index (χ3v) is 4.77. The van der Waals surface area contributed by atoms with Crippen LogP contribution in [0, 0.1) is 12.8 Å². The van der Waals surface area contributed by atoms with Crippen LogP contribution in [0.4, 0.5) is 39.4 Å². The zero-order valence-electron chi connectivity index (χ0n) is 14.7. The van der Waals surface area contributed by atoms with E-state index in [1.54, 1.807) is 11.6 Å². The Labute approximate surface area is 152 Å². The number of alkyl halides is 5. The molecule has 1 fully saturated rings. The summed E-state index contributed by atoms with van der Waals surface area (Å²) in [4.78, 5) is 7.56. The maximum atomic E-state index is 12.9. The number of hydrogen-bond donors (Lipinski definition) is 2. The van der Waals surface area contributed by atoms with E-state index in [4.69, 9.17) is 0 Å². The van der Waals surface area contributed by atoms with Gasteiger partial charge >= 0.3 is 6.18 Å². The Kier molecular flexibility index (Phi) is 5.20. The number of nitrogens with zero attached hydrogens (tertiary/aromatic N) is 4. The average Bonchev–Trinajstić information content (AvgIpc) is 3.21. The van der Waals surface area contributed by atoms with Crippen LogP contribution < -0.4 is 10.6 Å². The van der Waals surface area contributed by atoms with E-state index in [2.05, 4.69) is 25.7 Å². The molecule has 2 aromatic heterocycles. The Morgan fingerprint density at radius 1 is 1.22 bits per heavy atom. The van der Waals surface area contributed by atoms with Gasteiger partial charge in [-0.1, -0.05) is 0 Å². The Balaban J connectivity index is 1.79. The van der Waals surface area contributed by atoms with Gasteiger partial charge in [0.1, 0.15) is 11.4 Å². The fourth-order valence-electron chi connectivity index (χ4n) is 3.32. The standard InChI is InChI=1S/C16H19F5N6/c1-8-12(7-24-27(8)10-4-3-9(5-10)13(17)18)25-15-23-6-11(16(19,20)21)14(22-2)26-15/h6-7,9-10,13H,3-5H2,1-2H3,(H2,22,23,25,26)/t9-,10-/m0/s1. The molecule has 0 unspecified atom stereocenters. The minimum atomic E-state index is -4.57. The molecule has 2 N–H and O–H groups in total. The van der Waals surface area contributed by atoms with Crippen molar-refractivity contribution in [3.05, 3.63) is 23.7 Å². The van der Waals surface area contributed by atoms with Crippen molar-refractivity contribution in [1.82, 2.24) is 19.7 Å². The maximum Gasteiger partial charge on any atom is 0.421 e. The van der Waals surface area contributed by atoms with E-state index >= 15 is 0 Å². The second-order valence-electron chi connectivity index (χ2n) is 6.48. The number of rotatable bonds is 5. The summed E-state index contributed by atoms with van der Waals surface area (Å²) in [5, 5.41) is 9.49. The van der Waals surface area contributed by atoms with Crippen molar-refractivity contribution in [1.29, 1.82) is 0 Å². The predicted octanol–water partition coefficient (Wildman–Crippen LogP) is 4.39. The van der Waals surface area contributed by atoms with Crippen LogP contribution >= 0.6 is 0 Å². The molecule has 0 amide bonds. The van der Waals surface area contributed by atoms with Crippen LogP contribution in [0.2, 0.25) is 0 Å². The molecule has 0 spiro atoms. The van der Waals surface area contributed by atoms with Crippen molar-refractivity contribution in [3.8, 4) is 0 Å². The van der Waals surface area contributed by atoms with Crippen molar-refractivity contribution in [3.63, 3.8) is 0 Å². The van der Waals surface area contributed by atoms with Crippen LogP contribution in [0.1, 0.15) is 36.6 Å². The summed E-state index contributed by atoms with van der Waals surface area (Å²) in [6.07, 6.45) is -3.32. The average molecular weight is 390 g/mol. The molecule has 0 radical (unpaired) electrons. The monoisotopic (exact) mass is 390 g/mol. The van der Waals surface area contributed by atoms with Crippen molar-refractivity contribution < 1.29 is 22.0 Å². The second kappa shape index (κ2) is 7.28. The van der Waals surface area contributed by atoms with Gasteiger partial charge in [0.2, 0.25) is 12.4 Å². The number of halogens is 5. The summed E-state index contributed by atoms with van der Waals surface area (Å²) in [5.41, 5.74) is 0.230. The first-order chi connectivity index (χ1) is 12.7. The molecule has 3 rings (SSSR count). The summed E-state index contributed by atoms with van der Waals surface area (Å²) in [6, 6.07) is -0.124. The van der Waals surface area contributed by atoms with Gasteiger partial charge in [-0.05, 0) is 26.2 Å². The SMILES string of the molecule is CNc1nc(Nc2cnn([C@H]3CC[C@H](C(F)F)C3)c2C)ncc1C(F)(F)F. The fraction of sp³-hybridized carbons (Fsp3) is 0.562. The van der Waals surface area contributed by atoms with E-state index in [1.807, 2.05) is 0 Å². The third-order valence-electron chi connectivity index (χ3n) is 4.77. The molecule has 2 heterocycles. The highest BCUT2D eigenvalue weighted by Gasteiger charge is 2.35. The van der Waals surface area contributed by atoms with E-state index < -0.39 is 24.1 Å². The number of anilines is 3. The minimum absolute atomic E-state index is 0.0214. The van der Waals surface area contributed by atoms with Crippen LogP contribution in [-0.4, -0.2) is 33.2 Å². The van der Waals surface area contributed by atoms with E-state index in [0.29, 0.717) is 36.8 Å². The van der Waals surface area contributed by atoms with Gasteiger partial charge in [0, 0.05) is 19.2 Å². The van der Waals surface area contributed by atoms with E-state index in [0.717, 1.165) is 0 Å². The predicted molar refractivity (Wildman–Crippen MR) is 89.2 cm³/mol. The van der Waals surface area contributed by atoms with Crippen LogP contribution in [0.3, 0.4) is 0 Å².